The third kappa shape index (κ3) is 2.72. The van der Waals surface area contributed by atoms with Gasteiger partial charge in [0.2, 0.25) is 0 Å². The van der Waals surface area contributed by atoms with E-state index in [-0.39, 0.29) is 18.1 Å². The maximum Gasteiger partial charge on any atom is 0.125 e. The van der Waals surface area contributed by atoms with Crippen molar-refractivity contribution in [3.63, 3.8) is 0 Å². The first-order valence-electron chi connectivity index (χ1n) is 9.49. The van der Waals surface area contributed by atoms with Gasteiger partial charge < -0.3 is 15.6 Å². The third-order valence-electron chi connectivity index (χ3n) is 6.24. The first-order valence-corrected chi connectivity index (χ1v) is 9.87. The molecule has 1 fully saturated rings. The van der Waals surface area contributed by atoms with Crippen LogP contribution >= 0.6 is 11.6 Å². The lowest BCUT2D eigenvalue weighted by Gasteiger charge is -2.48. The molecule has 5 nitrogen and oxygen atoms in total. The second kappa shape index (κ2) is 6.21. The fourth-order valence-electron chi connectivity index (χ4n) is 5.00. The molecule has 0 saturated heterocycles. The topological polar surface area (TPSA) is 80.7 Å². The van der Waals surface area contributed by atoms with E-state index in [1.165, 1.54) is 0 Å². The SMILES string of the molecule is NC1=NC2(CC1)c1cc(-c3cncc(Cl)c3)ccc1OC1CCC(O)C[C@@H]12. The molecule has 6 heteroatoms. The fourth-order valence-corrected chi connectivity index (χ4v) is 5.17. The Kier molecular flexibility index (Phi) is 3.92. The van der Waals surface area contributed by atoms with Gasteiger partial charge in [0.25, 0.3) is 0 Å². The van der Waals surface area contributed by atoms with E-state index in [9.17, 15) is 5.11 Å². The van der Waals surface area contributed by atoms with Crippen LogP contribution < -0.4 is 10.5 Å². The summed E-state index contributed by atoms with van der Waals surface area (Å²) >= 11 is 6.13. The van der Waals surface area contributed by atoms with Crippen LogP contribution in [0.1, 0.15) is 37.7 Å². The Labute approximate surface area is 163 Å². The molecule has 4 atom stereocenters. The molecule has 2 aromatic rings. The highest BCUT2D eigenvalue weighted by molar-refractivity contribution is 6.30. The first kappa shape index (κ1) is 17.0. The van der Waals surface area contributed by atoms with E-state index in [2.05, 4.69) is 11.1 Å². The van der Waals surface area contributed by atoms with Crippen LogP contribution in [0.2, 0.25) is 5.02 Å². The number of aliphatic hydroxyl groups is 1. The molecule has 2 aliphatic heterocycles. The molecule has 140 valence electrons. The highest BCUT2D eigenvalue weighted by Gasteiger charge is 2.53. The molecule has 1 aliphatic carbocycles. The Morgan fingerprint density at radius 1 is 1.19 bits per heavy atom. The Balaban J connectivity index is 1.66. The van der Waals surface area contributed by atoms with E-state index in [1.807, 2.05) is 24.4 Å². The number of rotatable bonds is 1. The van der Waals surface area contributed by atoms with Gasteiger partial charge in [0.1, 0.15) is 11.9 Å². The lowest BCUT2D eigenvalue weighted by atomic mass is 9.66. The lowest BCUT2D eigenvalue weighted by molar-refractivity contribution is -0.0299. The van der Waals surface area contributed by atoms with Crippen molar-refractivity contribution in [2.75, 3.05) is 0 Å². The van der Waals surface area contributed by atoms with Crippen LogP contribution in [-0.2, 0) is 5.54 Å². The normalized spacial score (nSPS) is 31.8. The highest BCUT2D eigenvalue weighted by Crippen LogP contribution is 2.55. The summed E-state index contributed by atoms with van der Waals surface area (Å²) < 4.78 is 6.36. The van der Waals surface area contributed by atoms with Gasteiger partial charge >= 0.3 is 0 Å². The quantitative estimate of drug-likeness (QED) is 0.787. The Morgan fingerprint density at radius 3 is 2.85 bits per heavy atom. The van der Waals surface area contributed by atoms with E-state index in [1.54, 1.807) is 6.20 Å². The van der Waals surface area contributed by atoms with Crippen molar-refractivity contribution in [3.8, 4) is 16.9 Å². The number of aromatic nitrogens is 1. The van der Waals surface area contributed by atoms with Crippen molar-refractivity contribution in [1.82, 2.24) is 4.98 Å². The number of aliphatic imine (C=N–C) groups is 1. The number of amidine groups is 1. The highest BCUT2D eigenvalue weighted by atomic mass is 35.5. The average Bonchev–Trinajstić information content (AvgIpc) is 3.05. The number of aliphatic hydroxyl groups excluding tert-OH is 1. The predicted molar refractivity (Wildman–Crippen MR) is 105 cm³/mol. The fraction of sp³-hybridized carbons (Fsp3) is 0.429. The predicted octanol–water partition coefficient (Wildman–Crippen LogP) is 3.67. The molecular formula is C21H22ClN3O2. The van der Waals surface area contributed by atoms with Crippen LogP contribution in [0, 0.1) is 5.92 Å². The zero-order chi connectivity index (χ0) is 18.6. The molecule has 0 bridgehead atoms. The van der Waals surface area contributed by atoms with E-state index >= 15 is 0 Å². The van der Waals surface area contributed by atoms with E-state index in [0.717, 1.165) is 48.1 Å². The van der Waals surface area contributed by atoms with Gasteiger partial charge in [-0.05, 0) is 49.4 Å². The van der Waals surface area contributed by atoms with Gasteiger partial charge in [0.05, 0.1) is 22.5 Å². The molecule has 5 rings (SSSR count). The molecule has 3 N–H and O–H groups in total. The maximum absolute atomic E-state index is 10.3. The molecule has 1 aromatic carbocycles. The van der Waals surface area contributed by atoms with Crippen molar-refractivity contribution < 1.29 is 9.84 Å². The smallest absolute Gasteiger partial charge is 0.125 e. The molecule has 1 aromatic heterocycles. The lowest BCUT2D eigenvalue weighted by Crippen LogP contribution is -2.50. The van der Waals surface area contributed by atoms with Crippen molar-refractivity contribution in [3.05, 3.63) is 47.2 Å². The summed E-state index contributed by atoms with van der Waals surface area (Å²) in [5.74, 6) is 1.71. The first-order chi connectivity index (χ1) is 13.0. The van der Waals surface area contributed by atoms with Gasteiger partial charge in [-0.3, -0.25) is 9.98 Å². The second-order valence-corrected chi connectivity index (χ2v) is 8.30. The van der Waals surface area contributed by atoms with Crippen LogP contribution in [0.25, 0.3) is 11.1 Å². The number of hydrogen-bond acceptors (Lipinski definition) is 5. The summed E-state index contributed by atoms with van der Waals surface area (Å²) in [4.78, 5) is 9.16. The van der Waals surface area contributed by atoms with Crippen LogP contribution in [0.3, 0.4) is 0 Å². The van der Waals surface area contributed by atoms with Crippen LogP contribution in [0.5, 0.6) is 5.75 Å². The monoisotopic (exact) mass is 383 g/mol. The van der Waals surface area contributed by atoms with Gasteiger partial charge in [0.15, 0.2) is 0 Å². The minimum Gasteiger partial charge on any atom is -0.490 e. The Bertz CT molecular complexity index is 931. The number of ether oxygens (including phenoxy) is 1. The minimum absolute atomic E-state index is 0.0780. The molecule has 1 saturated carbocycles. The Hall–Kier alpha value is -2.11. The van der Waals surface area contributed by atoms with Crippen molar-refractivity contribution in [1.29, 1.82) is 0 Å². The Morgan fingerprint density at radius 2 is 2.07 bits per heavy atom. The number of nitrogens with zero attached hydrogens (tertiary/aromatic N) is 2. The largest absolute Gasteiger partial charge is 0.490 e. The van der Waals surface area contributed by atoms with Gasteiger partial charge in [-0.1, -0.05) is 17.7 Å². The summed E-state index contributed by atoms with van der Waals surface area (Å²) in [6, 6.07) is 8.12. The van der Waals surface area contributed by atoms with Crippen LogP contribution in [0.4, 0.5) is 0 Å². The van der Waals surface area contributed by atoms with Gasteiger partial charge in [-0.25, -0.2) is 0 Å². The molecule has 3 heterocycles. The zero-order valence-electron chi connectivity index (χ0n) is 14.9. The molecule has 0 radical (unpaired) electrons. The summed E-state index contributed by atoms with van der Waals surface area (Å²) in [6.45, 7) is 0. The summed E-state index contributed by atoms with van der Waals surface area (Å²) in [6.07, 6.45) is 7.18. The van der Waals surface area contributed by atoms with E-state index < -0.39 is 5.54 Å². The minimum atomic E-state index is -0.411. The van der Waals surface area contributed by atoms with E-state index in [4.69, 9.17) is 27.1 Å². The molecule has 3 aliphatic rings. The van der Waals surface area contributed by atoms with Crippen molar-refractivity contribution in [2.45, 2.75) is 49.9 Å². The van der Waals surface area contributed by atoms with Crippen LogP contribution in [0.15, 0.2) is 41.7 Å². The van der Waals surface area contributed by atoms with Gasteiger partial charge in [-0.2, -0.15) is 0 Å². The molecule has 1 spiro atoms. The molecule has 27 heavy (non-hydrogen) atoms. The molecule has 0 amide bonds. The van der Waals surface area contributed by atoms with Crippen molar-refractivity contribution >= 4 is 17.4 Å². The number of nitrogens with two attached hydrogens (primary N) is 1. The van der Waals surface area contributed by atoms with Gasteiger partial charge in [0, 0.05) is 35.9 Å². The zero-order valence-corrected chi connectivity index (χ0v) is 15.7. The van der Waals surface area contributed by atoms with Gasteiger partial charge in [-0.15, -0.1) is 0 Å². The molecule has 3 unspecified atom stereocenters. The summed E-state index contributed by atoms with van der Waals surface area (Å²) in [5.41, 5.74) is 8.79. The van der Waals surface area contributed by atoms with E-state index in [0.29, 0.717) is 17.3 Å². The summed E-state index contributed by atoms with van der Waals surface area (Å²) in [7, 11) is 0. The number of halogens is 1. The number of benzene rings is 1. The number of pyridine rings is 1. The summed E-state index contributed by atoms with van der Waals surface area (Å²) in [5, 5.41) is 10.9. The number of fused-ring (bicyclic) bond motifs is 4. The van der Waals surface area contributed by atoms with Crippen LogP contribution in [-0.4, -0.2) is 28.1 Å². The third-order valence-corrected chi connectivity index (χ3v) is 6.45. The molecular weight excluding hydrogens is 362 g/mol. The number of hydrogen-bond donors (Lipinski definition) is 2. The standard InChI is InChI=1S/C21H22ClN3O2/c22-14-7-13(10-24-11-14)12-1-3-18-16(8-12)21(6-5-20(23)25-21)17-9-15(26)2-4-19(17)27-18/h1,3,7-8,10-11,15,17,19,26H,2,4-6,9H2,(H2,23,25)/t15?,17-,19?,21?/m0/s1. The second-order valence-electron chi connectivity index (χ2n) is 7.86. The van der Waals surface area contributed by atoms with Crippen molar-refractivity contribution in [2.24, 2.45) is 16.6 Å². The average molecular weight is 384 g/mol. The maximum atomic E-state index is 10.3.